The summed E-state index contributed by atoms with van der Waals surface area (Å²) in [4.78, 5) is 18.6. The van der Waals surface area contributed by atoms with Gasteiger partial charge in [0.2, 0.25) is 0 Å². The molecule has 1 aliphatic rings. The van der Waals surface area contributed by atoms with E-state index in [2.05, 4.69) is 56.2 Å². The van der Waals surface area contributed by atoms with Gasteiger partial charge in [-0.1, -0.05) is 30.3 Å². The summed E-state index contributed by atoms with van der Waals surface area (Å²) in [6.07, 6.45) is 3.01. The highest BCUT2D eigenvalue weighted by Crippen LogP contribution is 2.19. The summed E-state index contributed by atoms with van der Waals surface area (Å²) < 4.78 is 0. The van der Waals surface area contributed by atoms with Crippen LogP contribution in [0.25, 0.3) is 0 Å². The molecule has 3 N–H and O–H groups in total. The molecular formula is C23H32IN5O. The Bertz CT molecular complexity index is 819. The molecule has 0 atom stereocenters. The van der Waals surface area contributed by atoms with Crippen molar-refractivity contribution < 1.29 is 4.79 Å². The fourth-order valence-corrected chi connectivity index (χ4v) is 3.65. The Balaban J connectivity index is 0.00000320. The van der Waals surface area contributed by atoms with Crippen LogP contribution in [0.5, 0.6) is 0 Å². The Kier molecular flexibility index (Phi) is 9.93. The highest BCUT2D eigenvalue weighted by atomic mass is 127. The molecule has 1 heterocycles. The maximum Gasteiger partial charge on any atom is 0.251 e. The number of guanidine groups is 1. The number of nitrogens with zero attached hydrogens (tertiary/aromatic N) is 2. The number of para-hydroxylation sites is 1. The summed E-state index contributed by atoms with van der Waals surface area (Å²) in [6.45, 7) is 2.86. The van der Waals surface area contributed by atoms with Crippen LogP contribution in [-0.4, -0.2) is 51.6 Å². The molecular weight excluding hydrogens is 489 g/mol. The van der Waals surface area contributed by atoms with Crippen molar-refractivity contribution in [3.63, 3.8) is 0 Å². The van der Waals surface area contributed by atoms with E-state index in [9.17, 15) is 4.79 Å². The largest absolute Gasteiger partial charge is 0.371 e. The number of nitrogens with one attached hydrogen (secondary N) is 3. The summed E-state index contributed by atoms with van der Waals surface area (Å²) >= 11 is 0. The average Bonchev–Trinajstić information content (AvgIpc) is 2.79. The third kappa shape index (κ3) is 6.90. The zero-order chi connectivity index (χ0) is 20.5. The molecule has 30 heavy (non-hydrogen) atoms. The molecule has 3 rings (SSSR count). The van der Waals surface area contributed by atoms with E-state index in [0.717, 1.165) is 50.4 Å². The predicted molar refractivity (Wildman–Crippen MR) is 135 cm³/mol. The molecule has 0 aromatic heterocycles. The van der Waals surface area contributed by atoms with Crippen molar-refractivity contribution in [1.82, 2.24) is 16.0 Å². The number of amides is 1. The van der Waals surface area contributed by atoms with Crippen LogP contribution in [0.1, 0.15) is 28.8 Å². The second-order valence-corrected chi connectivity index (χ2v) is 7.27. The van der Waals surface area contributed by atoms with Crippen molar-refractivity contribution >= 4 is 41.5 Å². The Morgan fingerprint density at radius 1 is 1.10 bits per heavy atom. The first-order valence-electron chi connectivity index (χ1n) is 10.3. The lowest BCUT2D eigenvalue weighted by Crippen LogP contribution is -2.49. The topological polar surface area (TPSA) is 68.8 Å². The number of hydrogen-bond acceptors (Lipinski definition) is 3. The SMILES string of the molecule is CN=C(NCCc1cccc(C(=O)NC)c1)NC1CCN(c2ccccc2)CC1.I. The number of benzene rings is 2. The Labute approximate surface area is 196 Å². The Hall–Kier alpha value is -2.29. The van der Waals surface area contributed by atoms with Crippen molar-refractivity contribution in [2.24, 2.45) is 4.99 Å². The van der Waals surface area contributed by atoms with Gasteiger partial charge in [-0.05, 0) is 49.1 Å². The minimum Gasteiger partial charge on any atom is -0.371 e. The minimum absolute atomic E-state index is 0. The van der Waals surface area contributed by atoms with Crippen molar-refractivity contribution in [2.75, 3.05) is 38.6 Å². The maximum absolute atomic E-state index is 11.8. The first kappa shape index (κ1) is 24.0. The molecule has 1 aliphatic heterocycles. The quantitative estimate of drug-likeness (QED) is 0.311. The van der Waals surface area contributed by atoms with Gasteiger partial charge in [0.25, 0.3) is 5.91 Å². The van der Waals surface area contributed by atoms with E-state index >= 15 is 0 Å². The first-order chi connectivity index (χ1) is 14.2. The molecule has 1 fully saturated rings. The number of hydrogen-bond donors (Lipinski definition) is 3. The van der Waals surface area contributed by atoms with E-state index < -0.39 is 0 Å². The summed E-state index contributed by atoms with van der Waals surface area (Å²) in [5, 5.41) is 9.61. The molecule has 0 aliphatic carbocycles. The van der Waals surface area contributed by atoms with Gasteiger partial charge in [-0.25, -0.2) is 0 Å². The normalized spacial score (nSPS) is 14.6. The van der Waals surface area contributed by atoms with Gasteiger partial charge in [-0.15, -0.1) is 24.0 Å². The van der Waals surface area contributed by atoms with Gasteiger partial charge in [0.1, 0.15) is 0 Å². The van der Waals surface area contributed by atoms with Gasteiger partial charge < -0.3 is 20.9 Å². The fourth-order valence-electron chi connectivity index (χ4n) is 3.65. The molecule has 1 saturated heterocycles. The fraction of sp³-hybridized carbons (Fsp3) is 0.391. The number of halogens is 1. The molecule has 0 bridgehead atoms. The minimum atomic E-state index is -0.0564. The number of piperidine rings is 1. The van der Waals surface area contributed by atoms with Crippen LogP contribution in [0.2, 0.25) is 0 Å². The molecule has 0 saturated carbocycles. The van der Waals surface area contributed by atoms with Crippen LogP contribution in [0, 0.1) is 0 Å². The molecule has 6 nitrogen and oxygen atoms in total. The van der Waals surface area contributed by atoms with Gasteiger partial charge in [0.05, 0.1) is 0 Å². The van der Waals surface area contributed by atoms with Crippen molar-refractivity contribution in [1.29, 1.82) is 0 Å². The lowest BCUT2D eigenvalue weighted by molar-refractivity contribution is 0.0963. The van der Waals surface area contributed by atoms with Crippen LogP contribution < -0.4 is 20.9 Å². The monoisotopic (exact) mass is 521 g/mol. The lowest BCUT2D eigenvalue weighted by Gasteiger charge is -2.34. The van der Waals surface area contributed by atoms with Crippen LogP contribution >= 0.6 is 24.0 Å². The number of anilines is 1. The van der Waals surface area contributed by atoms with E-state index in [0.29, 0.717) is 11.6 Å². The predicted octanol–water partition coefficient (Wildman–Crippen LogP) is 3.04. The van der Waals surface area contributed by atoms with Crippen molar-refractivity contribution in [2.45, 2.75) is 25.3 Å². The number of rotatable bonds is 6. The maximum atomic E-state index is 11.8. The van der Waals surface area contributed by atoms with Crippen LogP contribution in [-0.2, 0) is 6.42 Å². The summed E-state index contributed by atoms with van der Waals surface area (Å²) in [5.41, 5.74) is 3.12. The molecule has 0 radical (unpaired) electrons. The number of aliphatic imine (C=N–C) groups is 1. The van der Waals surface area contributed by atoms with E-state index in [1.807, 2.05) is 24.3 Å². The van der Waals surface area contributed by atoms with E-state index in [1.165, 1.54) is 5.69 Å². The van der Waals surface area contributed by atoms with E-state index in [4.69, 9.17) is 0 Å². The number of carbonyl (C=O) groups is 1. The second-order valence-electron chi connectivity index (χ2n) is 7.27. The van der Waals surface area contributed by atoms with E-state index in [-0.39, 0.29) is 29.9 Å². The lowest BCUT2D eigenvalue weighted by atomic mass is 10.0. The van der Waals surface area contributed by atoms with Crippen molar-refractivity contribution in [3.8, 4) is 0 Å². The van der Waals surface area contributed by atoms with Gasteiger partial charge in [-0.3, -0.25) is 9.79 Å². The van der Waals surface area contributed by atoms with Crippen molar-refractivity contribution in [3.05, 3.63) is 65.7 Å². The van der Waals surface area contributed by atoms with Crippen LogP contribution in [0.15, 0.2) is 59.6 Å². The first-order valence-corrected chi connectivity index (χ1v) is 10.3. The summed E-state index contributed by atoms with van der Waals surface area (Å²) in [5.74, 6) is 0.782. The third-order valence-electron chi connectivity index (χ3n) is 5.30. The third-order valence-corrected chi connectivity index (χ3v) is 5.30. The highest BCUT2D eigenvalue weighted by Gasteiger charge is 2.20. The molecule has 2 aromatic carbocycles. The molecule has 7 heteroatoms. The van der Waals surface area contributed by atoms with Gasteiger partial charge >= 0.3 is 0 Å². The molecule has 0 unspecified atom stereocenters. The standard InChI is InChI=1S/C23H31N5O.HI/c1-24-22(29)19-8-6-7-18(17-19)11-14-26-23(25-2)27-20-12-15-28(16-13-20)21-9-4-3-5-10-21;/h3-10,17,20H,11-16H2,1-2H3,(H,24,29)(H2,25,26,27);1H. The smallest absolute Gasteiger partial charge is 0.251 e. The van der Waals surface area contributed by atoms with Crippen LogP contribution in [0.4, 0.5) is 5.69 Å². The van der Waals surface area contributed by atoms with Gasteiger partial charge in [-0.2, -0.15) is 0 Å². The zero-order valence-electron chi connectivity index (χ0n) is 17.7. The average molecular weight is 521 g/mol. The molecule has 162 valence electrons. The summed E-state index contributed by atoms with van der Waals surface area (Å²) in [7, 11) is 3.46. The highest BCUT2D eigenvalue weighted by molar-refractivity contribution is 14.0. The zero-order valence-corrected chi connectivity index (χ0v) is 20.1. The molecule has 1 amide bonds. The Morgan fingerprint density at radius 3 is 2.50 bits per heavy atom. The van der Waals surface area contributed by atoms with Crippen LogP contribution in [0.3, 0.4) is 0 Å². The van der Waals surface area contributed by atoms with E-state index in [1.54, 1.807) is 14.1 Å². The van der Waals surface area contributed by atoms with Gasteiger partial charge in [0.15, 0.2) is 5.96 Å². The van der Waals surface area contributed by atoms with Gasteiger partial charge in [0, 0.05) is 51.0 Å². The second kappa shape index (κ2) is 12.4. The molecule has 2 aromatic rings. The molecule has 0 spiro atoms. The summed E-state index contributed by atoms with van der Waals surface area (Å²) in [6, 6.07) is 18.8. The Morgan fingerprint density at radius 2 is 1.83 bits per heavy atom. The number of carbonyl (C=O) groups excluding carboxylic acids is 1.